The number of ether oxygens (including phenoxy) is 1. The summed E-state index contributed by atoms with van der Waals surface area (Å²) in [6.07, 6.45) is 0. The minimum atomic E-state index is 0.443. The third-order valence-corrected chi connectivity index (χ3v) is 0.812. The zero-order chi connectivity index (χ0) is 6.41. The number of hydrogen-bond donors (Lipinski definition) is 2. The largest absolute Gasteiger partial charge is 0.376 e. The van der Waals surface area contributed by atoms with E-state index in [2.05, 4.69) is 0 Å². The normalized spacial score (nSPS) is 13.9. The lowest BCUT2D eigenvalue weighted by atomic mass is 10.7. The third kappa shape index (κ3) is 5.88. The standard InChI is InChI=1S/C5H13NO2/c1-3-8-5-4-6(2)7/h7H,3-5H2,1-2H3/p+1. The molecule has 0 amide bonds. The third-order valence-electron chi connectivity index (χ3n) is 0.812. The highest BCUT2D eigenvalue weighted by Gasteiger charge is 1.91. The number of hydroxylamine groups is 2. The zero-order valence-electron chi connectivity index (χ0n) is 5.48. The van der Waals surface area contributed by atoms with Crippen LogP contribution >= 0.6 is 0 Å². The van der Waals surface area contributed by atoms with Crippen LogP contribution in [0.5, 0.6) is 0 Å². The molecule has 3 heteroatoms. The van der Waals surface area contributed by atoms with Crippen LogP contribution in [-0.2, 0) is 4.74 Å². The lowest BCUT2D eigenvalue weighted by Crippen LogP contribution is -3.07. The summed E-state index contributed by atoms with van der Waals surface area (Å²) in [5.41, 5.74) is 0. The number of hydrogen-bond acceptors (Lipinski definition) is 2. The van der Waals surface area contributed by atoms with Crippen molar-refractivity contribution >= 4 is 0 Å². The molecule has 0 aromatic carbocycles. The minimum absolute atomic E-state index is 0.443. The number of nitrogens with one attached hydrogen (secondary N) is 1. The molecule has 1 unspecified atom stereocenters. The van der Waals surface area contributed by atoms with Gasteiger partial charge in [0.25, 0.3) is 0 Å². The fraction of sp³-hybridized carbons (Fsp3) is 1.00. The number of likely N-dealkylation sites (N-methyl/N-ethyl adjacent to an activating group) is 1. The summed E-state index contributed by atoms with van der Waals surface area (Å²) in [7, 11) is 1.68. The molecule has 8 heavy (non-hydrogen) atoms. The van der Waals surface area contributed by atoms with Crippen LogP contribution in [0.15, 0.2) is 0 Å². The van der Waals surface area contributed by atoms with Crippen molar-refractivity contribution in [2.45, 2.75) is 6.92 Å². The quantitative estimate of drug-likeness (QED) is 0.366. The molecule has 0 radical (unpaired) electrons. The lowest BCUT2D eigenvalue weighted by molar-refractivity contribution is -1.07. The summed E-state index contributed by atoms with van der Waals surface area (Å²) < 4.78 is 4.96. The average molecular weight is 120 g/mol. The van der Waals surface area contributed by atoms with Crippen molar-refractivity contribution < 1.29 is 15.0 Å². The summed E-state index contributed by atoms with van der Waals surface area (Å²) in [6.45, 7) is 3.96. The van der Waals surface area contributed by atoms with Gasteiger partial charge in [-0.05, 0) is 6.92 Å². The van der Waals surface area contributed by atoms with Gasteiger partial charge in [0, 0.05) is 6.61 Å². The van der Waals surface area contributed by atoms with Crippen LogP contribution in [0.1, 0.15) is 6.92 Å². The maximum atomic E-state index is 8.62. The van der Waals surface area contributed by atoms with Crippen molar-refractivity contribution in [1.82, 2.24) is 0 Å². The molecule has 2 N–H and O–H groups in total. The van der Waals surface area contributed by atoms with E-state index in [1.807, 2.05) is 6.92 Å². The maximum Gasteiger partial charge on any atom is 0.130 e. The molecular weight excluding hydrogens is 106 g/mol. The van der Waals surface area contributed by atoms with E-state index in [0.29, 0.717) is 18.2 Å². The first kappa shape index (κ1) is 7.88. The Balaban J connectivity index is 2.72. The molecule has 0 aromatic heterocycles. The van der Waals surface area contributed by atoms with Crippen molar-refractivity contribution in [3.8, 4) is 0 Å². The van der Waals surface area contributed by atoms with Crippen molar-refractivity contribution in [3.05, 3.63) is 0 Å². The van der Waals surface area contributed by atoms with E-state index in [0.717, 1.165) is 6.61 Å². The summed E-state index contributed by atoms with van der Waals surface area (Å²) in [5.74, 6) is 0. The average Bonchev–Trinajstić information content (AvgIpc) is 1.66. The molecule has 0 aromatic rings. The predicted molar refractivity (Wildman–Crippen MR) is 30.0 cm³/mol. The van der Waals surface area contributed by atoms with Gasteiger partial charge in [0.1, 0.15) is 6.54 Å². The van der Waals surface area contributed by atoms with E-state index in [4.69, 9.17) is 9.94 Å². The van der Waals surface area contributed by atoms with E-state index in [9.17, 15) is 0 Å². The van der Waals surface area contributed by atoms with Gasteiger partial charge in [-0.15, -0.1) is 0 Å². The molecule has 3 nitrogen and oxygen atoms in total. The van der Waals surface area contributed by atoms with Crippen LogP contribution < -0.4 is 5.06 Å². The molecule has 0 saturated carbocycles. The summed E-state index contributed by atoms with van der Waals surface area (Å²) in [5, 5.41) is 9.06. The Labute approximate surface area is 49.8 Å². The Kier molecular flexibility index (Phi) is 4.95. The van der Waals surface area contributed by atoms with Gasteiger partial charge in [-0.2, -0.15) is 5.06 Å². The lowest BCUT2D eigenvalue weighted by Gasteiger charge is -2.02. The Morgan fingerprint density at radius 2 is 2.25 bits per heavy atom. The Bertz CT molecular complexity index is 47.7. The van der Waals surface area contributed by atoms with E-state index in [1.165, 1.54) is 0 Å². The van der Waals surface area contributed by atoms with Crippen LogP contribution in [0.3, 0.4) is 0 Å². The molecule has 0 aliphatic heterocycles. The van der Waals surface area contributed by atoms with E-state index >= 15 is 0 Å². The molecule has 50 valence electrons. The smallest absolute Gasteiger partial charge is 0.130 e. The second-order valence-electron chi connectivity index (χ2n) is 1.68. The van der Waals surface area contributed by atoms with Crippen molar-refractivity contribution in [3.63, 3.8) is 0 Å². The molecule has 0 aliphatic rings. The van der Waals surface area contributed by atoms with Crippen LogP contribution in [0, 0.1) is 0 Å². The molecule has 0 spiro atoms. The van der Waals surface area contributed by atoms with Gasteiger partial charge < -0.3 is 4.74 Å². The minimum Gasteiger partial charge on any atom is -0.376 e. The first-order chi connectivity index (χ1) is 3.77. The van der Waals surface area contributed by atoms with Crippen LogP contribution in [-0.4, -0.2) is 32.0 Å². The second kappa shape index (κ2) is 5.03. The molecule has 0 aliphatic carbocycles. The number of rotatable bonds is 4. The molecule has 1 atom stereocenters. The molecule has 0 saturated heterocycles. The monoisotopic (exact) mass is 120 g/mol. The van der Waals surface area contributed by atoms with Crippen LogP contribution in [0.2, 0.25) is 0 Å². The van der Waals surface area contributed by atoms with Crippen molar-refractivity contribution in [1.29, 1.82) is 0 Å². The predicted octanol–water partition coefficient (Wildman–Crippen LogP) is -1.07. The van der Waals surface area contributed by atoms with Gasteiger partial charge >= 0.3 is 0 Å². The number of quaternary nitrogens is 1. The van der Waals surface area contributed by atoms with E-state index in [1.54, 1.807) is 7.05 Å². The Hall–Kier alpha value is -0.120. The Morgan fingerprint density at radius 3 is 2.62 bits per heavy atom. The summed E-state index contributed by atoms with van der Waals surface area (Å²) in [4.78, 5) is 0. The Morgan fingerprint density at radius 1 is 1.62 bits per heavy atom. The molecule has 0 fully saturated rings. The maximum absolute atomic E-state index is 8.62. The highest BCUT2D eigenvalue weighted by Crippen LogP contribution is 1.65. The summed E-state index contributed by atoms with van der Waals surface area (Å²) >= 11 is 0. The van der Waals surface area contributed by atoms with Gasteiger partial charge in [0.2, 0.25) is 0 Å². The molecule has 0 heterocycles. The van der Waals surface area contributed by atoms with E-state index < -0.39 is 0 Å². The van der Waals surface area contributed by atoms with Crippen molar-refractivity contribution in [2.75, 3.05) is 26.8 Å². The SMILES string of the molecule is CCOCC[NH+](C)O. The van der Waals surface area contributed by atoms with Crippen LogP contribution in [0.4, 0.5) is 0 Å². The second-order valence-corrected chi connectivity index (χ2v) is 1.68. The first-order valence-corrected chi connectivity index (χ1v) is 2.86. The van der Waals surface area contributed by atoms with Crippen LogP contribution in [0.25, 0.3) is 0 Å². The van der Waals surface area contributed by atoms with Crippen molar-refractivity contribution in [2.24, 2.45) is 0 Å². The molecule has 0 rings (SSSR count). The zero-order valence-corrected chi connectivity index (χ0v) is 5.48. The van der Waals surface area contributed by atoms with Gasteiger partial charge in [-0.25, -0.2) is 5.21 Å². The van der Waals surface area contributed by atoms with E-state index in [-0.39, 0.29) is 0 Å². The summed E-state index contributed by atoms with van der Waals surface area (Å²) in [6, 6.07) is 0. The highest BCUT2D eigenvalue weighted by molar-refractivity contribution is 4.18. The van der Waals surface area contributed by atoms with Gasteiger partial charge in [-0.1, -0.05) is 0 Å². The van der Waals surface area contributed by atoms with Gasteiger partial charge in [0.05, 0.1) is 13.7 Å². The van der Waals surface area contributed by atoms with Gasteiger partial charge in [0.15, 0.2) is 0 Å². The highest BCUT2D eigenvalue weighted by atomic mass is 16.5. The van der Waals surface area contributed by atoms with Gasteiger partial charge in [-0.3, -0.25) is 0 Å². The fourth-order valence-electron chi connectivity index (χ4n) is 0.364. The first-order valence-electron chi connectivity index (χ1n) is 2.86. The molecular formula is C5H14NO2+. The molecule has 0 bridgehead atoms. The topological polar surface area (TPSA) is 33.9 Å². The fourth-order valence-corrected chi connectivity index (χ4v) is 0.364.